The first-order chi connectivity index (χ1) is 9.13. The van der Waals surface area contributed by atoms with Gasteiger partial charge in [0.15, 0.2) is 0 Å². The van der Waals surface area contributed by atoms with Crippen LogP contribution in [0.3, 0.4) is 0 Å². The minimum Gasteiger partial charge on any atom is -0.333 e. The Labute approximate surface area is 114 Å². The van der Waals surface area contributed by atoms with Crippen molar-refractivity contribution in [2.24, 2.45) is 0 Å². The summed E-state index contributed by atoms with van der Waals surface area (Å²) in [5.41, 5.74) is 1.13. The molecule has 1 amide bonds. The maximum absolute atomic E-state index is 12.6. The molecule has 0 bridgehead atoms. The molecule has 104 valence electrons. The topological polar surface area (TPSA) is 48.5 Å². The first-order valence-electron chi connectivity index (χ1n) is 6.67. The van der Waals surface area contributed by atoms with E-state index in [9.17, 15) is 4.79 Å². The van der Waals surface area contributed by atoms with Gasteiger partial charge in [0.05, 0.1) is 0 Å². The average Bonchev–Trinajstić information content (AvgIpc) is 2.41. The third-order valence-corrected chi connectivity index (χ3v) is 3.68. The highest BCUT2D eigenvalue weighted by Crippen LogP contribution is 2.17. The number of nitrogens with one attached hydrogen (secondary N) is 1. The van der Waals surface area contributed by atoms with Crippen LogP contribution in [0, 0.1) is 0 Å². The van der Waals surface area contributed by atoms with E-state index in [1.807, 2.05) is 31.1 Å². The van der Waals surface area contributed by atoms with Crippen LogP contribution in [0.5, 0.6) is 0 Å². The van der Waals surface area contributed by atoms with Gasteiger partial charge in [-0.2, -0.15) is 0 Å². The Bertz CT molecular complexity index is 423. The first kappa shape index (κ1) is 14.0. The van der Waals surface area contributed by atoms with Crippen molar-refractivity contribution in [2.45, 2.75) is 25.6 Å². The second-order valence-corrected chi connectivity index (χ2v) is 5.18. The van der Waals surface area contributed by atoms with Gasteiger partial charge in [-0.25, -0.2) is 0 Å². The van der Waals surface area contributed by atoms with Crippen LogP contribution in [0.15, 0.2) is 24.5 Å². The van der Waals surface area contributed by atoms with E-state index in [1.165, 1.54) is 0 Å². The molecule has 1 aromatic heterocycles. The number of hydrogen-bond donors (Lipinski definition) is 1. The smallest absolute Gasteiger partial charge is 0.241 e. The van der Waals surface area contributed by atoms with E-state index in [4.69, 9.17) is 0 Å². The molecule has 1 fully saturated rings. The summed E-state index contributed by atoms with van der Waals surface area (Å²) in [4.78, 5) is 20.7. The summed E-state index contributed by atoms with van der Waals surface area (Å²) in [5, 5.41) is 3.10. The van der Waals surface area contributed by atoms with E-state index in [0.717, 1.165) is 12.1 Å². The summed E-state index contributed by atoms with van der Waals surface area (Å²) >= 11 is 0. The number of likely N-dealkylation sites (N-methyl/N-ethyl adjacent to an activating group) is 2. The standard InChI is InChI=1S/C14H22N4O/c1-11-9-17(3)13(8-15-2)14(19)18(11)10-12-4-6-16-7-5-12/h4-7,11,13,15H,8-10H2,1-3H3. The van der Waals surface area contributed by atoms with E-state index in [1.54, 1.807) is 12.4 Å². The molecule has 2 unspecified atom stereocenters. The van der Waals surface area contributed by atoms with Crippen molar-refractivity contribution in [1.29, 1.82) is 0 Å². The number of carbonyl (C=O) groups excluding carboxylic acids is 1. The molecule has 19 heavy (non-hydrogen) atoms. The van der Waals surface area contributed by atoms with Crippen molar-refractivity contribution in [3.8, 4) is 0 Å². The second kappa shape index (κ2) is 6.12. The van der Waals surface area contributed by atoms with E-state index in [-0.39, 0.29) is 18.0 Å². The Hall–Kier alpha value is -1.46. The van der Waals surface area contributed by atoms with Crippen LogP contribution in [0.25, 0.3) is 0 Å². The molecule has 1 N–H and O–H groups in total. The van der Waals surface area contributed by atoms with Crippen LogP contribution in [0.1, 0.15) is 12.5 Å². The van der Waals surface area contributed by atoms with Crippen molar-refractivity contribution < 1.29 is 4.79 Å². The van der Waals surface area contributed by atoms with E-state index in [0.29, 0.717) is 13.1 Å². The zero-order valence-corrected chi connectivity index (χ0v) is 11.8. The quantitative estimate of drug-likeness (QED) is 0.849. The lowest BCUT2D eigenvalue weighted by Gasteiger charge is -2.43. The highest BCUT2D eigenvalue weighted by molar-refractivity contribution is 5.83. The summed E-state index contributed by atoms with van der Waals surface area (Å²) in [7, 11) is 3.90. The maximum Gasteiger partial charge on any atom is 0.241 e. The summed E-state index contributed by atoms with van der Waals surface area (Å²) < 4.78 is 0. The Morgan fingerprint density at radius 3 is 2.74 bits per heavy atom. The van der Waals surface area contributed by atoms with Crippen LogP contribution in [-0.4, -0.2) is 60.0 Å². The predicted molar refractivity (Wildman–Crippen MR) is 74.6 cm³/mol. The molecule has 2 atom stereocenters. The van der Waals surface area contributed by atoms with Gasteiger partial charge in [0, 0.05) is 38.1 Å². The molecule has 0 saturated carbocycles. The number of rotatable bonds is 4. The van der Waals surface area contributed by atoms with Gasteiger partial charge in [-0.1, -0.05) is 0 Å². The molecule has 0 radical (unpaired) electrons. The van der Waals surface area contributed by atoms with E-state index < -0.39 is 0 Å². The van der Waals surface area contributed by atoms with Crippen LogP contribution in [0.2, 0.25) is 0 Å². The highest BCUT2D eigenvalue weighted by Gasteiger charge is 2.36. The van der Waals surface area contributed by atoms with Gasteiger partial charge in [-0.05, 0) is 38.7 Å². The fourth-order valence-electron chi connectivity index (χ4n) is 2.59. The summed E-state index contributed by atoms with van der Waals surface area (Å²) in [6.07, 6.45) is 3.54. The fourth-order valence-corrected chi connectivity index (χ4v) is 2.59. The molecule has 2 heterocycles. The van der Waals surface area contributed by atoms with Gasteiger partial charge in [0.25, 0.3) is 0 Å². The molecule has 0 spiro atoms. The van der Waals surface area contributed by atoms with Gasteiger partial charge >= 0.3 is 0 Å². The summed E-state index contributed by atoms with van der Waals surface area (Å²) in [5.74, 6) is 0.201. The van der Waals surface area contributed by atoms with Crippen molar-refractivity contribution >= 4 is 5.91 Å². The summed E-state index contributed by atoms with van der Waals surface area (Å²) in [6, 6.07) is 4.10. The van der Waals surface area contributed by atoms with E-state index in [2.05, 4.69) is 22.1 Å². The number of hydrogen-bond acceptors (Lipinski definition) is 4. The number of amides is 1. The molecule has 5 nitrogen and oxygen atoms in total. The summed E-state index contributed by atoms with van der Waals surface area (Å²) in [6.45, 7) is 4.36. The van der Waals surface area contributed by atoms with Crippen molar-refractivity contribution in [2.75, 3.05) is 27.2 Å². The third-order valence-electron chi connectivity index (χ3n) is 3.68. The third kappa shape index (κ3) is 3.11. The Morgan fingerprint density at radius 2 is 2.11 bits per heavy atom. The monoisotopic (exact) mass is 262 g/mol. The number of aromatic nitrogens is 1. The maximum atomic E-state index is 12.6. The predicted octanol–water partition coefficient (Wildman–Crippen LogP) is 0.332. The molecule has 1 saturated heterocycles. The van der Waals surface area contributed by atoms with Crippen LogP contribution < -0.4 is 5.32 Å². The lowest BCUT2D eigenvalue weighted by atomic mass is 10.1. The SMILES string of the molecule is CNCC1C(=O)N(Cc2ccncc2)C(C)CN1C. The highest BCUT2D eigenvalue weighted by atomic mass is 16.2. The average molecular weight is 262 g/mol. The van der Waals surface area contributed by atoms with Crippen LogP contribution in [-0.2, 0) is 11.3 Å². The van der Waals surface area contributed by atoms with Crippen LogP contribution in [0.4, 0.5) is 0 Å². The number of nitrogens with zero attached hydrogens (tertiary/aromatic N) is 3. The van der Waals surface area contributed by atoms with Crippen molar-refractivity contribution in [3.63, 3.8) is 0 Å². The Morgan fingerprint density at radius 1 is 1.42 bits per heavy atom. The fraction of sp³-hybridized carbons (Fsp3) is 0.571. The molecular formula is C14H22N4O. The normalized spacial score (nSPS) is 24.8. The molecular weight excluding hydrogens is 240 g/mol. The van der Waals surface area contributed by atoms with Crippen molar-refractivity contribution in [3.05, 3.63) is 30.1 Å². The molecule has 0 aliphatic carbocycles. The van der Waals surface area contributed by atoms with Crippen LogP contribution >= 0.6 is 0 Å². The minimum absolute atomic E-state index is 0.0666. The molecule has 0 aromatic carbocycles. The Balaban J connectivity index is 2.12. The van der Waals surface area contributed by atoms with Crippen molar-refractivity contribution in [1.82, 2.24) is 20.1 Å². The Kier molecular flexibility index (Phi) is 4.50. The zero-order valence-electron chi connectivity index (χ0n) is 11.8. The molecule has 1 aliphatic heterocycles. The molecule has 1 aliphatic rings. The lowest BCUT2D eigenvalue weighted by molar-refractivity contribution is -0.145. The first-order valence-corrected chi connectivity index (χ1v) is 6.67. The minimum atomic E-state index is -0.0666. The van der Waals surface area contributed by atoms with Gasteiger partial charge in [-0.15, -0.1) is 0 Å². The molecule has 2 rings (SSSR count). The molecule has 5 heteroatoms. The lowest BCUT2D eigenvalue weighted by Crippen LogP contribution is -2.61. The second-order valence-electron chi connectivity index (χ2n) is 5.18. The number of pyridine rings is 1. The molecule has 1 aromatic rings. The van der Waals surface area contributed by atoms with Gasteiger partial charge in [0.2, 0.25) is 5.91 Å². The van der Waals surface area contributed by atoms with Gasteiger partial charge < -0.3 is 10.2 Å². The number of piperazine rings is 1. The zero-order chi connectivity index (χ0) is 13.8. The van der Waals surface area contributed by atoms with Gasteiger partial charge in [-0.3, -0.25) is 14.7 Å². The van der Waals surface area contributed by atoms with Gasteiger partial charge in [0.1, 0.15) is 6.04 Å². The number of carbonyl (C=O) groups is 1. The largest absolute Gasteiger partial charge is 0.333 e. The van der Waals surface area contributed by atoms with E-state index >= 15 is 0 Å².